The highest BCUT2D eigenvalue weighted by Gasteiger charge is 2.30. The number of carbonyl (C=O) groups excluding carboxylic acids is 3. The van der Waals surface area contributed by atoms with Gasteiger partial charge in [0.25, 0.3) is 5.91 Å². The fourth-order valence-electron chi connectivity index (χ4n) is 3.73. The third-order valence-corrected chi connectivity index (χ3v) is 7.56. The molecule has 2 heterocycles. The maximum absolute atomic E-state index is 12.9. The Bertz CT molecular complexity index is 900. The summed E-state index contributed by atoms with van der Waals surface area (Å²) in [6, 6.07) is 5.97. The highest BCUT2D eigenvalue weighted by molar-refractivity contribution is 7.89. The van der Waals surface area contributed by atoms with Crippen molar-refractivity contribution >= 4 is 27.7 Å². The smallest absolute Gasteiger partial charge is 0.253 e. The summed E-state index contributed by atoms with van der Waals surface area (Å²) in [5.74, 6) is -0.145. The van der Waals surface area contributed by atoms with Crippen molar-refractivity contribution in [1.29, 1.82) is 0 Å². The Morgan fingerprint density at radius 2 is 1.30 bits per heavy atom. The van der Waals surface area contributed by atoms with Crippen molar-refractivity contribution in [2.45, 2.75) is 25.2 Å². The first kappa shape index (κ1) is 22.2. The van der Waals surface area contributed by atoms with Crippen LogP contribution in [0.4, 0.5) is 0 Å². The van der Waals surface area contributed by atoms with Gasteiger partial charge in [0, 0.05) is 71.3 Å². The zero-order chi connectivity index (χ0) is 21.9. The summed E-state index contributed by atoms with van der Waals surface area (Å²) in [4.78, 5) is 41.1. The van der Waals surface area contributed by atoms with Gasteiger partial charge in [-0.2, -0.15) is 4.31 Å². The molecule has 0 atom stereocenters. The molecule has 0 bridgehead atoms. The van der Waals surface area contributed by atoms with E-state index in [4.69, 9.17) is 0 Å². The second-order valence-corrected chi connectivity index (χ2v) is 9.40. The topological polar surface area (TPSA) is 98.3 Å². The molecule has 0 saturated carbocycles. The van der Waals surface area contributed by atoms with Crippen molar-refractivity contribution < 1.29 is 22.8 Å². The van der Waals surface area contributed by atoms with Gasteiger partial charge in [-0.05, 0) is 24.3 Å². The standard InChI is InChI=1S/C20H28N4O5S/c1-3-19(26)22-8-10-23(11-9-22)20(27)17-4-6-18(7-5-17)30(28,29)24-14-12-21(13-15-24)16(2)25/h4-7H,3,8-15H2,1-2H3. The van der Waals surface area contributed by atoms with Gasteiger partial charge >= 0.3 is 0 Å². The molecule has 0 spiro atoms. The Morgan fingerprint density at radius 1 is 0.800 bits per heavy atom. The van der Waals surface area contributed by atoms with Crippen LogP contribution in [0.15, 0.2) is 29.2 Å². The van der Waals surface area contributed by atoms with E-state index in [9.17, 15) is 22.8 Å². The van der Waals surface area contributed by atoms with Crippen LogP contribution >= 0.6 is 0 Å². The van der Waals surface area contributed by atoms with Crippen LogP contribution in [0.25, 0.3) is 0 Å². The molecule has 0 aliphatic carbocycles. The first-order valence-corrected chi connectivity index (χ1v) is 11.6. The molecule has 2 aliphatic rings. The van der Waals surface area contributed by atoms with Gasteiger partial charge in [0.15, 0.2) is 0 Å². The molecule has 9 nitrogen and oxygen atoms in total. The van der Waals surface area contributed by atoms with Gasteiger partial charge in [-0.1, -0.05) is 6.92 Å². The third-order valence-electron chi connectivity index (χ3n) is 5.65. The number of rotatable bonds is 4. The van der Waals surface area contributed by atoms with Crippen molar-refractivity contribution in [1.82, 2.24) is 19.0 Å². The van der Waals surface area contributed by atoms with E-state index < -0.39 is 10.0 Å². The highest BCUT2D eigenvalue weighted by atomic mass is 32.2. The number of amides is 3. The Kier molecular flexibility index (Phi) is 6.77. The van der Waals surface area contributed by atoms with Gasteiger partial charge in [0.05, 0.1) is 4.90 Å². The Morgan fingerprint density at radius 3 is 1.80 bits per heavy atom. The molecule has 10 heteroatoms. The molecule has 2 saturated heterocycles. The highest BCUT2D eigenvalue weighted by Crippen LogP contribution is 2.19. The van der Waals surface area contributed by atoms with Crippen molar-refractivity contribution in [2.75, 3.05) is 52.4 Å². The fourth-order valence-corrected chi connectivity index (χ4v) is 5.15. The van der Waals surface area contributed by atoms with Gasteiger partial charge in [0.1, 0.15) is 0 Å². The number of nitrogens with zero attached hydrogens (tertiary/aromatic N) is 4. The van der Waals surface area contributed by atoms with Gasteiger partial charge in [0.2, 0.25) is 21.8 Å². The average molecular weight is 437 g/mol. The average Bonchev–Trinajstić information content (AvgIpc) is 2.78. The second kappa shape index (κ2) is 9.13. The first-order chi connectivity index (χ1) is 14.2. The Hall–Kier alpha value is -2.46. The minimum atomic E-state index is -3.67. The number of sulfonamides is 1. The maximum atomic E-state index is 12.9. The summed E-state index contributed by atoms with van der Waals surface area (Å²) in [5.41, 5.74) is 0.422. The fraction of sp³-hybridized carbons (Fsp3) is 0.550. The van der Waals surface area contributed by atoms with E-state index in [-0.39, 0.29) is 35.7 Å². The predicted molar refractivity (Wildman–Crippen MR) is 110 cm³/mol. The van der Waals surface area contributed by atoms with Crippen molar-refractivity contribution in [3.8, 4) is 0 Å². The van der Waals surface area contributed by atoms with Crippen LogP contribution in [0.3, 0.4) is 0 Å². The molecule has 0 N–H and O–H groups in total. The molecule has 1 aromatic carbocycles. The van der Waals surface area contributed by atoms with Crippen molar-refractivity contribution in [3.63, 3.8) is 0 Å². The van der Waals surface area contributed by atoms with E-state index >= 15 is 0 Å². The van der Waals surface area contributed by atoms with Crippen LogP contribution in [0.5, 0.6) is 0 Å². The molecule has 30 heavy (non-hydrogen) atoms. The molecular weight excluding hydrogens is 408 g/mol. The van der Waals surface area contributed by atoms with Crippen LogP contribution in [0.1, 0.15) is 30.6 Å². The Balaban J connectivity index is 1.63. The lowest BCUT2D eigenvalue weighted by molar-refractivity contribution is -0.132. The molecular formula is C20H28N4O5S. The number of hydrogen-bond donors (Lipinski definition) is 0. The molecule has 3 amide bonds. The molecule has 3 rings (SSSR count). The van der Waals surface area contributed by atoms with Crippen molar-refractivity contribution in [2.24, 2.45) is 0 Å². The molecule has 2 aliphatic heterocycles. The van der Waals surface area contributed by atoms with Crippen LogP contribution in [-0.4, -0.2) is 97.5 Å². The van der Waals surface area contributed by atoms with Crippen molar-refractivity contribution in [3.05, 3.63) is 29.8 Å². The summed E-state index contributed by atoms with van der Waals surface area (Å²) in [6.45, 7) is 6.49. The van der Waals surface area contributed by atoms with Crippen LogP contribution < -0.4 is 0 Å². The number of piperazine rings is 2. The van der Waals surface area contributed by atoms with Gasteiger partial charge in [-0.25, -0.2) is 8.42 Å². The molecule has 0 unspecified atom stereocenters. The summed E-state index contributed by atoms with van der Waals surface area (Å²) < 4.78 is 27.1. The minimum absolute atomic E-state index is 0.0604. The van der Waals surface area contributed by atoms with E-state index in [0.717, 1.165) is 0 Å². The normalized spacial score (nSPS) is 18.4. The second-order valence-electron chi connectivity index (χ2n) is 7.46. The number of benzene rings is 1. The van der Waals surface area contributed by atoms with Gasteiger partial charge < -0.3 is 14.7 Å². The zero-order valence-corrected chi connectivity index (χ0v) is 18.2. The van der Waals surface area contributed by atoms with Crippen LogP contribution in [-0.2, 0) is 19.6 Å². The summed E-state index contributed by atoms with van der Waals surface area (Å²) in [7, 11) is -3.67. The maximum Gasteiger partial charge on any atom is 0.253 e. The van der Waals surface area contributed by atoms with E-state index in [1.807, 2.05) is 6.92 Å². The number of hydrogen-bond acceptors (Lipinski definition) is 5. The SMILES string of the molecule is CCC(=O)N1CCN(C(=O)c2ccc(S(=O)(=O)N3CCN(C(C)=O)CC3)cc2)CC1. The van der Waals surface area contributed by atoms with Gasteiger partial charge in [-0.3, -0.25) is 14.4 Å². The quantitative estimate of drug-likeness (QED) is 0.673. The largest absolute Gasteiger partial charge is 0.340 e. The van der Waals surface area contributed by atoms with Gasteiger partial charge in [-0.15, -0.1) is 0 Å². The predicted octanol–water partition coefficient (Wildman–Crippen LogP) is 0.234. The van der Waals surface area contributed by atoms with E-state index in [0.29, 0.717) is 51.3 Å². The zero-order valence-electron chi connectivity index (χ0n) is 17.4. The minimum Gasteiger partial charge on any atom is -0.340 e. The monoisotopic (exact) mass is 436 g/mol. The summed E-state index contributed by atoms with van der Waals surface area (Å²) >= 11 is 0. The van der Waals surface area contributed by atoms with E-state index in [1.54, 1.807) is 14.7 Å². The molecule has 2 fully saturated rings. The molecule has 0 radical (unpaired) electrons. The van der Waals surface area contributed by atoms with E-state index in [1.165, 1.54) is 35.5 Å². The Labute approximate surface area is 177 Å². The van der Waals surface area contributed by atoms with Crippen LogP contribution in [0.2, 0.25) is 0 Å². The lowest BCUT2D eigenvalue weighted by Gasteiger charge is -2.35. The third kappa shape index (κ3) is 4.65. The lowest BCUT2D eigenvalue weighted by atomic mass is 10.2. The summed E-state index contributed by atoms with van der Waals surface area (Å²) in [6.07, 6.45) is 0.452. The molecule has 0 aromatic heterocycles. The van der Waals surface area contributed by atoms with Crippen LogP contribution in [0, 0.1) is 0 Å². The van der Waals surface area contributed by atoms with E-state index in [2.05, 4.69) is 0 Å². The summed E-state index contributed by atoms with van der Waals surface area (Å²) in [5, 5.41) is 0. The molecule has 1 aromatic rings. The molecule has 164 valence electrons. The lowest BCUT2D eigenvalue weighted by Crippen LogP contribution is -2.50. The number of carbonyl (C=O) groups is 3. The first-order valence-electron chi connectivity index (χ1n) is 10.2.